The molecule has 0 saturated carbocycles. The van der Waals surface area contributed by atoms with Crippen molar-refractivity contribution in [2.75, 3.05) is 13.2 Å². The number of hydrogen-bond acceptors (Lipinski definition) is 7. The number of halogens is 2. The van der Waals surface area contributed by atoms with Gasteiger partial charge in [0.25, 0.3) is 5.56 Å². The van der Waals surface area contributed by atoms with E-state index >= 15 is 4.39 Å². The van der Waals surface area contributed by atoms with Gasteiger partial charge < -0.3 is 15.2 Å². The van der Waals surface area contributed by atoms with Gasteiger partial charge in [0.15, 0.2) is 0 Å². The Hall–Kier alpha value is -4.05. The third kappa shape index (κ3) is 4.35. The quantitative estimate of drug-likeness (QED) is 0.509. The molecule has 0 amide bonds. The molecular weight excluding hydrogens is 490 g/mol. The molecule has 3 aromatic rings. The highest BCUT2D eigenvalue weighted by Gasteiger charge is 2.41. The van der Waals surface area contributed by atoms with E-state index in [0.717, 1.165) is 15.9 Å². The van der Waals surface area contributed by atoms with E-state index in [1.54, 1.807) is 26.0 Å². The van der Waals surface area contributed by atoms with E-state index in [-0.39, 0.29) is 50.5 Å². The molecular formula is C26H22F2N2O5S. The Bertz CT molecular complexity index is 1570. The van der Waals surface area contributed by atoms with Crippen molar-refractivity contribution in [3.05, 3.63) is 96.4 Å². The minimum Gasteiger partial charge on any atom is -0.463 e. The van der Waals surface area contributed by atoms with E-state index in [0.29, 0.717) is 0 Å². The van der Waals surface area contributed by atoms with Crippen LogP contribution < -0.4 is 20.5 Å². The number of nitrogens with two attached hydrogens (primary N) is 1. The Morgan fingerprint density at radius 3 is 2.17 bits per heavy atom. The van der Waals surface area contributed by atoms with Gasteiger partial charge >= 0.3 is 11.9 Å². The van der Waals surface area contributed by atoms with Crippen LogP contribution in [-0.2, 0) is 19.1 Å². The van der Waals surface area contributed by atoms with Gasteiger partial charge in [-0.2, -0.15) is 0 Å². The maximum Gasteiger partial charge on any atom is 0.338 e. The maximum absolute atomic E-state index is 15.0. The smallest absolute Gasteiger partial charge is 0.338 e. The molecule has 1 atom stereocenters. The number of carbonyl (C=O) groups is 2. The molecule has 0 bridgehead atoms. The monoisotopic (exact) mass is 512 g/mol. The van der Waals surface area contributed by atoms with E-state index in [4.69, 9.17) is 15.2 Å². The Balaban J connectivity index is 2.15. The first-order valence-electron chi connectivity index (χ1n) is 11.1. The summed E-state index contributed by atoms with van der Waals surface area (Å²) in [6.07, 6.45) is 1.33. The van der Waals surface area contributed by atoms with E-state index < -0.39 is 35.1 Å². The van der Waals surface area contributed by atoms with Crippen molar-refractivity contribution in [3.63, 3.8) is 0 Å². The van der Waals surface area contributed by atoms with E-state index in [2.05, 4.69) is 0 Å². The van der Waals surface area contributed by atoms with E-state index in [9.17, 15) is 18.8 Å². The summed E-state index contributed by atoms with van der Waals surface area (Å²) in [6, 6.07) is 11.5. The third-order valence-corrected chi connectivity index (χ3v) is 6.66. The van der Waals surface area contributed by atoms with Crippen molar-refractivity contribution in [3.8, 4) is 0 Å². The fourth-order valence-corrected chi connectivity index (χ4v) is 5.17. The fourth-order valence-electron chi connectivity index (χ4n) is 4.02. The van der Waals surface area contributed by atoms with Gasteiger partial charge in [0, 0.05) is 11.1 Å². The highest BCUT2D eigenvalue weighted by molar-refractivity contribution is 7.07. The lowest BCUT2D eigenvalue weighted by Crippen LogP contribution is -2.42. The Kier molecular flexibility index (Phi) is 7.16. The lowest BCUT2D eigenvalue weighted by Gasteiger charge is -2.27. The second-order valence-corrected chi connectivity index (χ2v) is 8.72. The molecule has 2 N–H and O–H groups in total. The molecule has 1 aliphatic heterocycles. The van der Waals surface area contributed by atoms with Crippen molar-refractivity contribution in [1.29, 1.82) is 0 Å². The molecule has 0 spiro atoms. The molecule has 0 aliphatic carbocycles. The van der Waals surface area contributed by atoms with Gasteiger partial charge in [0.2, 0.25) is 0 Å². The maximum atomic E-state index is 15.0. The molecule has 1 aromatic heterocycles. The summed E-state index contributed by atoms with van der Waals surface area (Å²) in [6.45, 7) is 3.14. The summed E-state index contributed by atoms with van der Waals surface area (Å²) >= 11 is 0.865. The minimum atomic E-state index is -1.30. The first-order chi connectivity index (χ1) is 17.3. The molecule has 1 aliphatic rings. The predicted molar refractivity (Wildman–Crippen MR) is 131 cm³/mol. The lowest BCUT2D eigenvalue weighted by atomic mass is 9.83. The molecule has 0 saturated heterocycles. The molecule has 10 heteroatoms. The Morgan fingerprint density at radius 1 is 0.972 bits per heavy atom. The average molecular weight is 513 g/mol. The van der Waals surface area contributed by atoms with Crippen LogP contribution in [-0.4, -0.2) is 29.7 Å². The van der Waals surface area contributed by atoms with Crippen LogP contribution in [0.25, 0.3) is 17.5 Å². The van der Waals surface area contributed by atoms with Crippen molar-refractivity contribution >= 4 is 40.7 Å². The van der Waals surface area contributed by atoms with Crippen molar-refractivity contribution < 1.29 is 27.8 Å². The summed E-state index contributed by atoms with van der Waals surface area (Å²) in [5.41, 5.74) is 5.39. The standard InChI is InChI=1S/C26H22F2N2O5S/c1-3-34-25(32)20-19(15-10-6-8-12-17(15)28)21(26(33)35-4-2)24-30(22(20)29)23(31)18(36-24)13-14-9-5-7-11-16(14)27/h5-13,19H,3-4,29H2,1-2H3/b18-13+/t19-/m0/s1. The van der Waals surface area contributed by atoms with Crippen molar-refractivity contribution in [1.82, 2.24) is 4.57 Å². The van der Waals surface area contributed by atoms with Crippen molar-refractivity contribution in [2.24, 2.45) is 5.73 Å². The molecule has 0 fully saturated rings. The summed E-state index contributed by atoms with van der Waals surface area (Å²) in [5, 5.41) is 0. The zero-order valence-corrected chi connectivity index (χ0v) is 20.2. The van der Waals surface area contributed by atoms with Crippen LogP contribution in [0.1, 0.15) is 30.9 Å². The number of carbonyl (C=O) groups excluding carboxylic acids is 2. The average Bonchev–Trinajstić information content (AvgIpc) is 3.16. The first kappa shape index (κ1) is 25.1. The van der Waals surface area contributed by atoms with Crippen LogP contribution in [0.5, 0.6) is 0 Å². The molecule has 7 nitrogen and oxygen atoms in total. The molecule has 0 radical (unpaired) electrons. The van der Waals surface area contributed by atoms with Crippen LogP contribution in [0, 0.1) is 11.6 Å². The minimum absolute atomic E-state index is 0.00984. The van der Waals surface area contributed by atoms with Crippen LogP contribution in [0.3, 0.4) is 0 Å². The molecule has 2 heterocycles. The highest BCUT2D eigenvalue weighted by Crippen LogP contribution is 2.38. The number of nitrogens with zero attached hydrogens (tertiary/aromatic N) is 1. The Labute approximate surface area is 208 Å². The number of thiazole rings is 1. The highest BCUT2D eigenvalue weighted by atomic mass is 32.1. The molecule has 36 heavy (non-hydrogen) atoms. The van der Waals surface area contributed by atoms with E-state index in [1.807, 2.05) is 0 Å². The number of fused-ring (bicyclic) bond motifs is 1. The van der Waals surface area contributed by atoms with E-state index in [1.165, 1.54) is 42.5 Å². The molecule has 4 rings (SSSR count). The van der Waals surface area contributed by atoms with Gasteiger partial charge in [0.05, 0.1) is 34.8 Å². The van der Waals surface area contributed by atoms with Gasteiger partial charge in [-0.1, -0.05) is 36.4 Å². The van der Waals surface area contributed by atoms with Crippen LogP contribution in [0.2, 0.25) is 0 Å². The van der Waals surface area contributed by atoms with Crippen LogP contribution in [0.4, 0.5) is 8.78 Å². The zero-order valence-electron chi connectivity index (χ0n) is 19.4. The summed E-state index contributed by atoms with van der Waals surface area (Å²) in [7, 11) is 0. The number of benzene rings is 2. The predicted octanol–water partition coefficient (Wildman–Crippen LogP) is 2.22. The van der Waals surface area contributed by atoms with Gasteiger partial charge in [-0.25, -0.2) is 18.4 Å². The zero-order chi connectivity index (χ0) is 26.0. The largest absolute Gasteiger partial charge is 0.463 e. The van der Waals surface area contributed by atoms with Gasteiger partial charge in [-0.05, 0) is 32.1 Å². The lowest BCUT2D eigenvalue weighted by molar-refractivity contribution is -0.138. The molecule has 2 aromatic carbocycles. The Morgan fingerprint density at radius 2 is 1.56 bits per heavy atom. The second-order valence-electron chi connectivity index (χ2n) is 7.69. The molecule has 186 valence electrons. The van der Waals surface area contributed by atoms with Gasteiger partial charge in [-0.3, -0.25) is 9.36 Å². The van der Waals surface area contributed by atoms with Gasteiger partial charge in [0.1, 0.15) is 22.1 Å². The van der Waals surface area contributed by atoms with Crippen LogP contribution in [0.15, 0.2) is 58.9 Å². The number of ether oxygens (including phenoxy) is 2. The second kappa shape index (κ2) is 10.3. The fraction of sp³-hybridized carbons (Fsp3) is 0.192. The topological polar surface area (TPSA) is 101 Å². The normalized spacial score (nSPS) is 15.6. The van der Waals surface area contributed by atoms with Crippen LogP contribution >= 0.6 is 11.3 Å². The number of hydrogen-bond donors (Lipinski definition) is 1. The summed E-state index contributed by atoms with van der Waals surface area (Å²) < 4.78 is 40.9. The van der Waals surface area contributed by atoms with Crippen molar-refractivity contribution in [2.45, 2.75) is 19.8 Å². The SMILES string of the molecule is CCOC(=O)C1=C(N)n2c(s/c(=C/c3ccccc3F)c2=O)=C(C(=O)OCC)[C@H]1c1ccccc1F. The number of aromatic nitrogens is 1. The third-order valence-electron chi connectivity index (χ3n) is 5.55. The number of esters is 2. The summed E-state index contributed by atoms with van der Waals surface area (Å²) in [5.74, 6) is -4.61. The molecule has 0 unspecified atom stereocenters. The van der Waals surface area contributed by atoms with Gasteiger partial charge in [-0.15, -0.1) is 11.3 Å². The first-order valence-corrected chi connectivity index (χ1v) is 11.9. The number of rotatable bonds is 6. The summed E-state index contributed by atoms with van der Waals surface area (Å²) in [4.78, 5) is 39.7.